The molecule has 1 N–H and O–H groups in total. The minimum atomic E-state index is -0.565. The zero-order valence-corrected chi connectivity index (χ0v) is 17.4. The molecule has 1 heterocycles. The van der Waals surface area contributed by atoms with Crippen molar-refractivity contribution in [3.8, 4) is 0 Å². The molecule has 1 saturated heterocycles. The van der Waals surface area contributed by atoms with Crippen LogP contribution in [0.3, 0.4) is 0 Å². The summed E-state index contributed by atoms with van der Waals surface area (Å²) in [5.41, 5.74) is 1.21. The summed E-state index contributed by atoms with van der Waals surface area (Å²) in [6.07, 6.45) is 1.77. The van der Waals surface area contributed by atoms with Crippen LogP contribution in [0.25, 0.3) is 6.08 Å². The average molecular weight is 455 g/mol. The Morgan fingerprint density at radius 2 is 1.93 bits per heavy atom. The summed E-state index contributed by atoms with van der Waals surface area (Å²) in [6, 6.07) is 11.0. The lowest BCUT2D eigenvalue weighted by molar-refractivity contribution is -0.122. The van der Waals surface area contributed by atoms with E-state index in [2.05, 4.69) is 5.32 Å². The Morgan fingerprint density at radius 3 is 2.61 bits per heavy atom. The van der Waals surface area contributed by atoms with Crippen LogP contribution in [0.15, 0.2) is 47.4 Å². The van der Waals surface area contributed by atoms with E-state index in [1.54, 1.807) is 30.3 Å². The van der Waals surface area contributed by atoms with E-state index in [0.29, 0.717) is 19.9 Å². The van der Waals surface area contributed by atoms with Gasteiger partial charge in [-0.25, -0.2) is 4.39 Å². The summed E-state index contributed by atoms with van der Waals surface area (Å²) in [5.74, 6) is -1.15. The highest BCUT2D eigenvalue weighted by atomic mass is 35.5. The maximum absolute atomic E-state index is 13.2. The summed E-state index contributed by atoms with van der Waals surface area (Å²) >= 11 is 18.0. The molecule has 2 aromatic carbocycles. The van der Waals surface area contributed by atoms with Crippen molar-refractivity contribution in [1.29, 1.82) is 0 Å². The van der Waals surface area contributed by atoms with Gasteiger partial charge in [0.25, 0.3) is 5.91 Å². The van der Waals surface area contributed by atoms with Crippen molar-refractivity contribution >= 4 is 75.1 Å². The maximum Gasteiger partial charge on any atom is 0.266 e. The van der Waals surface area contributed by atoms with Crippen molar-refractivity contribution in [2.75, 3.05) is 11.9 Å². The minimum absolute atomic E-state index is 0.0374. The molecule has 0 radical (unpaired) electrons. The van der Waals surface area contributed by atoms with Crippen LogP contribution in [-0.2, 0) is 9.59 Å². The van der Waals surface area contributed by atoms with Gasteiger partial charge in [-0.15, -0.1) is 0 Å². The Bertz CT molecular complexity index is 980. The molecule has 28 heavy (non-hydrogen) atoms. The maximum atomic E-state index is 13.2. The van der Waals surface area contributed by atoms with E-state index in [9.17, 15) is 14.0 Å². The summed E-state index contributed by atoms with van der Waals surface area (Å²) in [4.78, 5) is 26.6. The van der Waals surface area contributed by atoms with Gasteiger partial charge in [0.2, 0.25) is 5.91 Å². The van der Waals surface area contributed by atoms with Gasteiger partial charge in [0.15, 0.2) is 0 Å². The molecule has 1 fully saturated rings. The number of rotatable bonds is 5. The van der Waals surface area contributed by atoms with E-state index in [1.165, 1.54) is 34.9 Å². The Balaban J connectivity index is 1.60. The number of nitrogens with one attached hydrogen (secondary N) is 1. The first-order chi connectivity index (χ1) is 13.3. The van der Waals surface area contributed by atoms with Gasteiger partial charge in [-0.05, 0) is 42.0 Å². The van der Waals surface area contributed by atoms with Crippen LogP contribution in [-0.4, -0.2) is 27.6 Å². The van der Waals surface area contributed by atoms with Crippen molar-refractivity contribution in [1.82, 2.24) is 4.90 Å². The molecule has 2 amide bonds. The number of hydrogen-bond acceptors (Lipinski definition) is 4. The van der Waals surface area contributed by atoms with Crippen LogP contribution >= 0.6 is 47.2 Å². The molecular formula is C19H13Cl2FN2O2S2. The van der Waals surface area contributed by atoms with Gasteiger partial charge in [0.1, 0.15) is 10.1 Å². The van der Waals surface area contributed by atoms with Crippen LogP contribution in [0, 0.1) is 5.82 Å². The molecule has 0 aromatic heterocycles. The molecule has 144 valence electrons. The van der Waals surface area contributed by atoms with Crippen molar-refractivity contribution in [3.05, 3.63) is 68.8 Å². The number of benzene rings is 2. The molecule has 2 aromatic rings. The number of hydrogen-bond donors (Lipinski definition) is 1. The zero-order chi connectivity index (χ0) is 20.3. The quantitative estimate of drug-likeness (QED) is 0.487. The predicted molar refractivity (Wildman–Crippen MR) is 116 cm³/mol. The fourth-order valence-corrected chi connectivity index (χ4v) is 4.03. The highest BCUT2D eigenvalue weighted by Gasteiger charge is 2.32. The molecule has 0 unspecified atom stereocenters. The first-order valence-electron chi connectivity index (χ1n) is 8.09. The third-order valence-corrected chi connectivity index (χ3v) is 5.73. The number of thiocarbonyl (C=S) groups is 1. The average Bonchev–Trinajstić information content (AvgIpc) is 2.91. The molecule has 4 nitrogen and oxygen atoms in total. The van der Waals surface area contributed by atoms with Crippen LogP contribution in [0.1, 0.15) is 12.0 Å². The second-order valence-electron chi connectivity index (χ2n) is 5.81. The fraction of sp³-hybridized carbons (Fsp3) is 0.105. The Labute approximate surface area is 180 Å². The van der Waals surface area contributed by atoms with Gasteiger partial charge in [-0.1, -0.05) is 59.3 Å². The summed E-state index contributed by atoms with van der Waals surface area (Å²) in [5, 5.41) is 3.14. The van der Waals surface area contributed by atoms with Gasteiger partial charge in [-0.3, -0.25) is 14.5 Å². The van der Waals surface area contributed by atoms with Crippen LogP contribution < -0.4 is 5.32 Å². The number of carbonyl (C=O) groups is 2. The second-order valence-corrected chi connectivity index (χ2v) is 8.33. The standard InChI is InChI=1S/C19H13Cl2FN2O2S2/c20-12-3-1-11(2-4-12)9-16-18(26)24(19(27)28-16)8-7-17(25)23-13-5-6-15(22)14(21)10-13/h1-6,9-10H,7-8H2,(H,23,25). The number of carbonyl (C=O) groups excluding carboxylic acids is 2. The van der Waals surface area contributed by atoms with Crippen molar-refractivity contribution in [3.63, 3.8) is 0 Å². The zero-order valence-electron chi connectivity index (χ0n) is 14.2. The molecule has 0 atom stereocenters. The van der Waals surface area contributed by atoms with E-state index in [1.807, 2.05) is 0 Å². The van der Waals surface area contributed by atoms with E-state index < -0.39 is 5.82 Å². The van der Waals surface area contributed by atoms with Gasteiger partial charge in [-0.2, -0.15) is 0 Å². The lowest BCUT2D eigenvalue weighted by Gasteiger charge is -2.14. The predicted octanol–water partition coefficient (Wildman–Crippen LogP) is 5.36. The van der Waals surface area contributed by atoms with Crippen molar-refractivity contribution < 1.29 is 14.0 Å². The molecule has 0 bridgehead atoms. The Hall–Kier alpha value is -1.93. The topological polar surface area (TPSA) is 49.4 Å². The van der Waals surface area contributed by atoms with Gasteiger partial charge in [0.05, 0.1) is 9.93 Å². The highest BCUT2D eigenvalue weighted by molar-refractivity contribution is 8.26. The van der Waals surface area contributed by atoms with E-state index in [0.717, 1.165) is 5.56 Å². The van der Waals surface area contributed by atoms with Crippen LogP contribution in [0.2, 0.25) is 10.0 Å². The molecular weight excluding hydrogens is 442 g/mol. The second kappa shape index (κ2) is 9.05. The van der Waals surface area contributed by atoms with Gasteiger partial charge in [0, 0.05) is 23.7 Å². The molecule has 1 aliphatic rings. The summed E-state index contributed by atoms with van der Waals surface area (Å²) in [6.45, 7) is 0.142. The number of nitrogens with zero attached hydrogens (tertiary/aromatic N) is 1. The highest BCUT2D eigenvalue weighted by Crippen LogP contribution is 2.32. The first-order valence-corrected chi connectivity index (χ1v) is 10.1. The third kappa shape index (κ3) is 5.11. The van der Waals surface area contributed by atoms with E-state index in [-0.39, 0.29) is 29.8 Å². The summed E-state index contributed by atoms with van der Waals surface area (Å²) < 4.78 is 13.6. The summed E-state index contributed by atoms with van der Waals surface area (Å²) in [7, 11) is 0. The molecule has 0 saturated carbocycles. The number of amides is 2. The lowest BCUT2D eigenvalue weighted by Crippen LogP contribution is -2.31. The largest absolute Gasteiger partial charge is 0.326 e. The van der Waals surface area contributed by atoms with Gasteiger partial charge < -0.3 is 5.32 Å². The fourth-order valence-electron chi connectivity index (χ4n) is 2.41. The SMILES string of the molecule is O=C(CCN1C(=O)C(=Cc2ccc(Cl)cc2)SC1=S)Nc1ccc(F)c(Cl)c1. The first kappa shape index (κ1) is 20.8. The van der Waals surface area contributed by atoms with Crippen LogP contribution in [0.4, 0.5) is 10.1 Å². The molecule has 1 aliphatic heterocycles. The molecule has 0 spiro atoms. The Morgan fingerprint density at radius 1 is 1.21 bits per heavy atom. The normalized spacial score (nSPS) is 15.4. The number of thioether (sulfide) groups is 1. The van der Waals surface area contributed by atoms with Crippen LogP contribution in [0.5, 0.6) is 0 Å². The molecule has 9 heteroatoms. The molecule has 0 aliphatic carbocycles. The van der Waals surface area contributed by atoms with E-state index in [4.69, 9.17) is 35.4 Å². The lowest BCUT2D eigenvalue weighted by atomic mass is 10.2. The number of anilines is 1. The van der Waals surface area contributed by atoms with Crippen molar-refractivity contribution in [2.45, 2.75) is 6.42 Å². The van der Waals surface area contributed by atoms with Crippen molar-refractivity contribution in [2.24, 2.45) is 0 Å². The third-order valence-electron chi connectivity index (χ3n) is 3.81. The number of halogens is 3. The van der Waals surface area contributed by atoms with Gasteiger partial charge >= 0.3 is 0 Å². The monoisotopic (exact) mass is 454 g/mol. The molecule has 3 rings (SSSR count). The van der Waals surface area contributed by atoms with E-state index >= 15 is 0 Å². The minimum Gasteiger partial charge on any atom is -0.326 e. The Kier molecular flexibility index (Phi) is 6.72. The smallest absolute Gasteiger partial charge is 0.266 e.